The van der Waals surface area contributed by atoms with E-state index >= 15 is 0 Å². The summed E-state index contributed by atoms with van der Waals surface area (Å²) >= 11 is 0. The molecule has 0 heterocycles. The third-order valence-electron chi connectivity index (χ3n) is 8.37. The molecule has 0 saturated heterocycles. The lowest BCUT2D eigenvalue weighted by Crippen LogP contribution is -2.57. The van der Waals surface area contributed by atoms with Crippen LogP contribution >= 0.6 is 0 Å². The van der Waals surface area contributed by atoms with Crippen molar-refractivity contribution in [3.8, 4) is 0 Å². The van der Waals surface area contributed by atoms with Crippen LogP contribution in [0.1, 0.15) is 82.9 Å². The fraction of sp³-hybridized carbons (Fsp3) is 0.739. The van der Waals surface area contributed by atoms with Crippen LogP contribution in [0.4, 0.5) is 0 Å². The van der Waals surface area contributed by atoms with Crippen molar-refractivity contribution in [1.29, 1.82) is 0 Å². The molecule has 0 radical (unpaired) electrons. The van der Waals surface area contributed by atoms with Crippen molar-refractivity contribution < 1.29 is 0 Å². The first-order valence-corrected chi connectivity index (χ1v) is 9.87. The van der Waals surface area contributed by atoms with E-state index < -0.39 is 0 Å². The second kappa shape index (κ2) is 4.87. The predicted octanol–water partition coefficient (Wildman–Crippen LogP) is 6.44. The fourth-order valence-electron chi connectivity index (χ4n) is 7.41. The molecule has 0 aromatic heterocycles. The standard InChI is InChI=1S/C23H34/c1-16-7-9-18-17(15-16)8-10-20-22(18,4)14-11-19-21(2,3)12-6-13-23(19,20)5/h7,9,15,19-20H,6,8,10-14H2,1-5H3/t19-,20-,22-,23-/m0/s1. The monoisotopic (exact) mass is 310 g/mol. The normalized spacial score (nSPS) is 41.6. The molecule has 23 heavy (non-hydrogen) atoms. The van der Waals surface area contributed by atoms with E-state index in [1.807, 2.05) is 0 Å². The highest BCUT2D eigenvalue weighted by molar-refractivity contribution is 5.41. The Balaban J connectivity index is 1.80. The Hall–Kier alpha value is -0.780. The van der Waals surface area contributed by atoms with Crippen molar-refractivity contribution in [2.24, 2.45) is 22.7 Å². The van der Waals surface area contributed by atoms with Gasteiger partial charge in [0.1, 0.15) is 0 Å². The summed E-state index contributed by atoms with van der Waals surface area (Å²) in [6.07, 6.45) is 9.89. The minimum atomic E-state index is 0.417. The Morgan fingerprint density at radius 3 is 2.48 bits per heavy atom. The van der Waals surface area contributed by atoms with Gasteiger partial charge >= 0.3 is 0 Å². The second-order valence-electron chi connectivity index (χ2n) is 10.1. The van der Waals surface area contributed by atoms with E-state index in [1.54, 1.807) is 11.1 Å². The summed E-state index contributed by atoms with van der Waals surface area (Å²) in [5.74, 6) is 1.80. The van der Waals surface area contributed by atoms with Crippen molar-refractivity contribution >= 4 is 0 Å². The minimum absolute atomic E-state index is 0.417. The van der Waals surface area contributed by atoms with E-state index in [4.69, 9.17) is 0 Å². The van der Waals surface area contributed by atoms with Crippen molar-refractivity contribution in [3.05, 3.63) is 34.9 Å². The van der Waals surface area contributed by atoms with Crippen LogP contribution in [0, 0.1) is 29.6 Å². The molecular weight excluding hydrogens is 276 g/mol. The maximum atomic E-state index is 2.67. The van der Waals surface area contributed by atoms with E-state index in [9.17, 15) is 0 Å². The van der Waals surface area contributed by atoms with Gasteiger partial charge in [-0.1, -0.05) is 57.9 Å². The number of rotatable bonds is 0. The molecule has 0 heteroatoms. The molecule has 1 aromatic carbocycles. The van der Waals surface area contributed by atoms with Crippen molar-refractivity contribution in [2.75, 3.05) is 0 Å². The number of fused-ring (bicyclic) bond motifs is 5. The Morgan fingerprint density at radius 1 is 0.913 bits per heavy atom. The van der Waals surface area contributed by atoms with Gasteiger partial charge in [-0.2, -0.15) is 0 Å². The van der Waals surface area contributed by atoms with Gasteiger partial charge in [-0.05, 0) is 84.7 Å². The summed E-state index contributed by atoms with van der Waals surface area (Å²) in [5.41, 5.74) is 6.30. The molecular formula is C23H34. The van der Waals surface area contributed by atoms with Crippen molar-refractivity contribution in [1.82, 2.24) is 0 Å². The van der Waals surface area contributed by atoms with Crippen LogP contribution in [0.3, 0.4) is 0 Å². The predicted molar refractivity (Wildman–Crippen MR) is 98.8 cm³/mol. The van der Waals surface area contributed by atoms with Gasteiger partial charge in [0, 0.05) is 0 Å². The molecule has 0 N–H and O–H groups in total. The zero-order valence-electron chi connectivity index (χ0n) is 15.8. The SMILES string of the molecule is Cc1ccc2c(c1)CC[C@@H]1[C@@]3(C)CCCC(C)(C)[C@@H]3CC[C@@]21C. The van der Waals surface area contributed by atoms with Crippen LogP contribution in [0.15, 0.2) is 18.2 Å². The average Bonchev–Trinajstić information content (AvgIpc) is 2.45. The molecule has 0 nitrogen and oxygen atoms in total. The summed E-state index contributed by atoms with van der Waals surface area (Å²) in [6.45, 7) is 12.6. The average molecular weight is 311 g/mol. The molecule has 0 amide bonds. The minimum Gasteiger partial charge on any atom is -0.0596 e. The molecule has 3 aliphatic rings. The molecule has 0 aliphatic heterocycles. The Labute approximate surface area is 143 Å². The number of hydrogen-bond donors (Lipinski definition) is 0. The van der Waals surface area contributed by atoms with Gasteiger partial charge in [0.25, 0.3) is 0 Å². The highest BCUT2D eigenvalue weighted by Gasteiger charge is 2.59. The van der Waals surface area contributed by atoms with Gasteiger partial charge in [0.15, 0.2) is 0 Å². The lowest BCUT2D eigenvalue weighted by Gasteiger charge is -2.64. The van der Waals surface area contributed by atoms with E-state index in [-0.39, 0.29) is 0 Å². The quantitative estimate of drug-likeness (QED) is 0.517. The Morgan fingerprint density at radius 2 is 1.70 bits per heavy atom. The summed E-state index contributed by atoms with van der Waals surface area (Å²) < 4.78 is 0. The third kappa shape index (κ3) is 2.09. The molecule has 0 spiro atoms. The molecule has 0 unspecified atom stereocenters. The van der Waals surface area contributed by atoms with Gasteiger partial charge in [0.05, 0.1) is 0 Å². The van der Waals surface area contributed by atoms with Crippen LogP contribution < -0.4 is 0 Å². The van der Waals surface area contributed by atoms with Crippen LogP contribution in [0.2, 0.25) is 0 Å². The van der Waals surface area contributed by atoms with Crippen LogP contribution in [0.5, 0.6) is 0 Å². The van der Waals surface area contributed by atoms with Crippen molar-refractivity contribution in [2.45, 2.75) is 85.0 Å². The van der Waals surface area contributed by atoms with Gasteiger partial charge in [-0.25, -0.2) is 0 Å². The molecule has 2 fully saturated rings. The largest absolute Gasteiger partial charge is 0.0596 e. The fourth-order valence-corrected chi connectivity index (χ4v) is 7.41. The smallest absolute Gasteiger partial charge is 0.00388 e. The molecule has 4 rings (SSSR count). The van der Waals surface area contributed by atoms with Crippen LogP contribution in [-0.2, 0) is 11.8 Å². The Kier molecular flexibility index (Phi) is 3.33. The molecule has 0 bridgehead atoms. The maximum absolute atomic E-state index is 2.67. The molecule has 1 aromatic rings. The number of hydrogen-bond acceptors (Lipinski definition) is 0. The highest BCUT2D eigenvalue weighted by atomic mass is 14.6. The summed E-state index contributed by atoms with van der Waals surface area (Å²) in [6, 6.07) is 7.30. The number of benzene rings is 1. The van der Waals surface area contributed by atoms with E-state index in [0.29, 0.717) is 16.2 Å². The molecule has 2 saturated carbocycles. The maximum Gasteiger partial charge on any atom is -0.00388 e. The molecule has 3 aliphatic carbocycles. The van der Waals surface area contributed by atoms with Gasteiger partial charge in [-0.3, -0.25) is 0 Å². The second-order valence-corrected chi connectivity index (χ2v) is 10.1. The first-order valence-electron chi connectivity index (χ1n) is 9.87. The van der Waals surface area contributed by atoms with Crippen LogP contribution in [0.25, 0.3) is 0 Å². The zero-order chi connectivity index (χ0) is 16.5. The molecule has 4 atom stereocenters. The van der Waals surface area contributed by atoms with Gasteiger partial charge < -0.3 is 0 Å². The van der Waals surface area contributed by atoms with Crippen molar-refractivity contribution in [3.63, 3.8) is 0 Å². The van der Waals surface area contributed by atoms with Gasteiger partial charge in [-0.15, -0.1) is 0 Å². The first kappa shape index (κ1) is 15.7. The van der Waals surface area contributed by atoms with Gasteiger partial charge in [0.2, 0.25) is 0 Å². The summed E-state index contributed by atoms with van der Waals surface area (Å²) in [5, 5.41) is 0. The lowest BCUT2D eigenvalue weighted by molar-refractivity contribution is -0.110. The van der Waals surface area contributed by atoms with E-state index in [0.717, 1.165) is 11.8 Å². The summed E-state index contributed by atoms with van der Waals surface area (Å²) in [7, 11) is 0. The van der Waals surface area contributed by atoms with E-state index in [2.05, 4.69) is 52.8 Å². The molecule has 126 valence electrons. The lowest BCUT2D eigenvalue weighted by atomic mass is 9.40. The van der Waals surface area contributed by atoms with E-state index in [1.165, 1.54) is 50.5 Å². The Bertz CT molecular complexity index is 625. The first-order chi connectivity index (χ1) is 10.8. The topological polar surface area (TPSA) is 0 Å². The van der Waals surface area contributed by atoms with Crippen LogP contribution in [-0.4, -0.2) is 0 Å². The third-order valence-corrected chi connectivity index (χ3v) is 8.37. The summed E-state index contributed by atoms with van der Waals surface area (Å²) in [4.78, 5) is 0. The number of aryl methyl sites for hydroxylation is 2. The zero-order valence-corrected chi connectivity index (χ0v) is 15.8. The highest BCUT2D eigenvalue weighted by Crippen LogP contribution is 2.66.